The summed E-state index contributed by atoms with van der Waals surface area (Å²) in [5, 5.41) is 28.9. The van der Waals surface area contributed by atoms with Crippen molar-refractivity contribution >= 4 is 17.6 Å². The molecule has 0 unspecified atom stereocenters. The van der Waals surface area contributed by atoms with E-state index in [0.29, 0.717) is 0 Å². The number of carbonyl (C=O) groups is 2. The number of rotatable bonds is 3. The molecule has 1 aromatic carbocycles. The predicted molar refractivity (Wildman–Crippen MR) is 58.2 cm³/mol. The maximum absolute atomic E-state index is 13.6. The van der Waals surface area contributed by atoms with Gasteiger partial charge in [0.2, 0.25) is 0 Å². The van der Waals surface area contributed by atoms with Crippen LogP contribution < -0.4 is 0 Å². The van der Waals surface area contributed by atoms with Gasteiger partial charge >= 0.3 is 11.9 Å². The third-order valence-electron chi connectivity index (χ3n) is 3.32. The average Bonchev–Trinajstić information content (AvgIpc) is 2.71. The molecule has 0 amide bonds. The summed E-state index contributed by atoms with van der Waals surface area (Å²) < 4.78 is 13.6. The van der Waals surface area contributed by atoms with Crippen molar-refractivity contribution in [2.45, 2.75) is 12.8 Å². The minimum Gasteiger partial charge on any atom is -0.480 e. The van der Waals surface area contributed by atoms with Gasteiger partial charge in [-0.25, -0.2) is 4.39 Å². The molecule has 100 valence electrons. The van der Waals surface area contributed by atoms with E-state index in [0.717, 1.165) is 12.1 Å². The van der Waals surface area contributed by atoms with Gasteiger partial charge in [0, 0.05) is 24.5 Å². The molecule has 0 aromatic heterocycles. The van der Waals surface area contributed by atoms with Crippen molar-refractivity contribution in [2.75, 3.05) is 0 Å². The van der Waals surface area contributed by atoms with Crippen LogP contribution in [0.3, 0.4) is 0 Å². The van der Waals surface area contributed by atoms with Gasteiger partial charge in [-0.1, -0.05) is 0 Å². The molecule has 19 heavy (non-hydrogen) atoms. The average molecular weight is 269 g/mol. The first-order valence-electron chi connectivity index (χ1n) is 5.21. The highest BCUT2D eigenvalue weighted by Gasteiger charge is 2.53. The molecule has 0 fully saturated rings. The van der Waals surface area contributed by atoms with Crippen molar-refractivity contribution in [1.29, 1.82) is 0 Å². The lowest BCUT2D eigenvalue weighted by atomic mass is 9.85. The van der Waals surface area contributed by atoms with E-state index in [4.69, 9.17) is 10.2 Å². The third-order valence-corrected chi connectivity index (χ3v) is 3.32. The van der Waals surface area contributed by atoms with Crippen LogP contribution in [0, 0.1) is 21.3 Å². The van der Waals surface area contributed by atoms with Crippen LogP contribution in [0.1, 0.15) is 11.1 Å². The highest BCUT2D eigenvalue weighted by atomic mass is 19.1. The molecule has 1 aromatic rings. The number of aliphatic carboxylic acids is 2. The summed E-state index contributed by atoms with van der Waals surface area (Å²) >= 11 is 0. The minimum atomic E-state index is -2.24. The molecule has 1 aliphatic rings. The summed E-state index contributed by atoms with van der Waals surface area (Å²) in [5.41, 5.74) is -3.07. The molecule has 0 saturated heterocycles. The normalized spacial score (nSPS) is 15.8. The molecule has 0 heterocycles. The minimum absolute atomic E-state index is 0.158. The van der Waals surface area contributed by atoms with Crippen LogP contribution in [-0.4, -0.2) is 27.1 Å². The summed E-state index contributed by atoms with van der Waals surface area (Å²) in [4.78, 5) is 32.3. The fourth-order valence-electron chi connectivity index (χ4n) is 2.27. The fraction of sp³-hybridized carbons (Fsp3) is 0.273. The van der Waals surface area contributed by atoms with E-state index in [9.17, 15) is 24.1 Å². The van der Waals surface area contributed by atoms with E-state index in [-0.39, 0.29) is 11.1 Å². The lowest BCUT2D eigenvalue weighted by Gasteiger charge is -2.17. The van der Waals surface area contributed by atoms with E-state index >= 15 is 0 Å². The van der Waals surface area contributed by atoms with Crippen molar-refractivity contribution in [3.05, 3.63) is 39.2 Å². The van der Waals surface area contributed by atoms with Crippen molar-refractivity contribution in [2.24, 2.45) is 5.41 Å². The number of nitrogens with zero attached hydrogens (tertiary/aromatic N) is 1. The Kier molecular flexibility index (Phi) is 2.73. The first kappa shape index (κ1) is 12.9. The quantitative estimate of drug-likeness (QED) is 0.480. The van der Waals surface area contributed by atoms with Crippen LogP contribution in [0.2, 0.25) is 0 Å². The number of carboxylic acids is 2. The Morgan fingerprint density at radius 2 is 1.74 bits per heavy atom. The number of hydrogen-bond donors (Lipinski definition) is 2. The number of fused-ring (bicyclic) bond motifs is 1. The molecule has 2 N–H and O–H groups in total. The Labute approximate surface area is 105 Å². The van der Waals surface area contributed by atoms with E-state index in [2.05, 4.69) is 0 Å². The molecule has 0 aliphatic heterocycles. The highest BCUT2D eigenvalue weighted by Crippen LogP contribution is 2.42. The van der Waals surface area contributed by atoms with Crippen molar-refractivity contribution in [1.82, 2.24) is 0 Å². The molecule has 8 heteroatoms. The monoisotopic (exact) mass is 269 g/mol. The second-order valence-corrected chi connectivity index (χ2v) is 4.33. The van der Waals surface area contributed by atoms with Gasteiger partial charge in [-0.15, -0.1) is 0 Å². The van der Waals surface area contributed by atoms with Crippen LogP contribution >= 0.6 is 0 Å². The van der Waals surface area contributed by atoms with Crippen molar-refractivity contribution in [3.63, 3.8) is 0 Å². The summed E-state index contributed by atoms with van der Waals surface area (Å²) in [6, 6.07) is 1.75. The summed E-state index contributed by atoms with van der Waals surface area (Å²) in [6.45, 7) is 0. The third kappa shape index (κ3) is 1.72. The van der Waals surface area contributed by atoms with Gasteiger partial charge in [0.1, 0.15) is 5.82 Å². The topological polar surface area (TPSA) is 118 Å². The van der Waals surface area contributed by atoms with Crippen LogP contribution in [-0.2, 0) is 22.4 Å². The van der Waals surface area contributed by atoms with Crippen molar-refractivity contribution in [3.8, 4) is 0 Å². The summed E-state index contributed by atoms with van der Waals surface area (Å²) in [5.74, 6) is -4.10. The van der Waals surface area contributed by atoms with Crippen LogP contribution in [0.4, 0.5) is 10.1 Å². The van der Waals surface area contributed by atoms with Gasteiger partial charge < -0.3 is 10.2 Å². The molecule has 0 spiro atoms. The first-order chi connectivity index (χ1) is 8.79. The Balaban J connectivity index is 2.63. The number of nitro benzene ring substituents is 1. The Morgan fingerprint density at radius 1 is 1.21 bits per heavy atom. The van der Waals surface area contributed by atoms with Gasteiger partial charge in [0.25, 0.3) is 5.69 Å². The zero-order chi connectivity index (χ0) is 14.4. The van der Waals surface area contributed by atoms with Gasteiger partial charge in [0.15, 0.2) is 5.41 Å². The zero-order valence-corrected chi connectivity index (χ0v) is 9.42. The standard InChI is InChI=1S/C11H8FNO6/c12-7-1-2-8(13(18)19)6-4-11(9(14)15,10(16)17)3-5(6)7/h1-2H,3-4H2,(H,14,15)(H,16,17). The van der Waals surface area contributed by atoms with Crippen LogP contribution in [0.15, 0.2) is 12.1 Å². The smallest absolute Gasteiger partial charge is 0.321 e. The van der Waals surface area contributed by atoms with Gasteiger partial charge in [-0.2, -0.15) is 0 Å². The van der Waals surface area contributed by atoms with Gasteiger partial charge in [-0.3, -0.25) is 19.7 Å². The molecule has 0 radical (unpaired) electrons. The molecular weight excluding hydrogens is 261 g/mol. The molecular formula is C11H8FNO6. The van der Waals surface area contributed by atoms with Crippen LogP contribution in [0.25, 0.3) is 0 Å². The van der Waals surface area contributed by atoms with E-state index in [1.165, 1.54) is 0 Å². The first-order valence-corrected chi connectivity index (χ1v) is 5.21. The highest BCUT2D eigenvalue weighted by molar-refractivity contribution is 6.00. The van der Waals surface area contributed by atoms with Crippen molar-refractivity contribution < 1.29 is 29.1 Å². The van der Waals surface area contributed by atoms with E-state index < -0.39 is 46.6 Å². The summed E-state index contributed by atoms with van der Waals surface area (Å²) in [6.07, 6.45) is -1.19. The Hall–Kier alpha value is -2.51. The second kappa shape index (κ2) is 4.01. The molecule has 7 nitrogen and oxygen atoms in total. The maximum atomic E-state index is 13.6. The number of hydrogen-bond acceptors (Lipinski definition) is 4. The number of benzene rings is 1. The maximum Gasteiger partial charge on any atom is 0.321 e. The molecule has 0 atom stereocenters. The van der Waals surface area contributed by atoms with Gasteiger partial charge in [-0.05, 0) is 11.6 Å². The molecule has 2 rings (SSSR count). The largest absolute Gasteiger partial charge is 0.480 e. The lowest BCUT2D eigenvalue weighted by molar-refractivity contribution is -0.385. The Bertz CT molecular complexity index is 597. The molecule has 0 bridgehead atoms. The van der Waals surface area contributed by atoms with Gasteiger partial charge in [0.05, 0.1) is 4.92 Å². The van der Waals surface area contributed by atoms with E-state index in [1.54, 1.807) is 0 Å². The summed E-state index contributed by atoms with van der Waals surface area (Å²) in [7, 11) is 0. The lowest BCUT2D eigenvalue weighted by Crippen LogP contribution is -2.40. The Morgan fingerprint density at radius 3 is 2.21 bits per heavy atom. The zero-order valence-electron chi connectivity index (χ0n) is 9.42. The number of nitro groups is 1. The fourth-order valence-corrected chi connectivity index (χ4v) is 2.27. The van der Waals surface area contributed by atoms with Crippen LogP contribution in [0.5, 0.6) is 0 Å². The predicted octanol–water partition coefficient (Wildman–Crippen LogP) is 0.988. The number of halogens is 1. The number of carboxylic acid groups (broad SMARTS) is 2. The molecule has 0 saturated carbocycles. The second-order valence-electron chi connectivity index (χ2n) is 4.33. The molecule has 1 aliphatic carbocycles. The van der Waals surface area contributed by atoms with E-state index in [1.807, 2.05) is 0 Å². The SMILES string of the molecule is O=C(O)C1(C(=O)O)Cc2c(F)ccc([N+](=O)[O-])c2C1.